The number of nitro groups is 1. The Labute approximate surface area is 190 Å². The van der Waals surface area contributed by atoms with Crippen LogP contribution in [0.3, 0.4) is 0 Å². The number of imide groups is 1. The molecule has 1 saturated heterocycles. The van der Waals surface area contributed by atoms with Gasteiger partial charge in [0.25, 0.3) is 16.8 Å². The SMILES string of the molecule is O=C1S/C(=C/c2ccc(-c3ccc([N+](=O)[O-])cc3)o2)C(=O)N1Cc1c(Cl)cccc1Cl. The highest BCUT2D eigenvalue weighted by Crippen LogP contribution is 2.36. The van der Waals surface area contributed by atoms with E-state index in [4.69, 9.17) is 27.6 Å². The third-order valence-corrected chi connectivity index (χ3v) is 6.13. The molecule has 1 aliphatic heterocycles. The Balaban J connectivity index is 1.54. The molecule has 31 heavy (non-hydrogen) atoms. The quantitative estimate of drug-likeness (QED) is 0.241. The number of thioether (sulfide) groups is 1. The third-order valence-electron chi connectivity index (χ3n) is 4.51. The van der Waals surface area contributed by atoms with Crippen LogP contribution in [-0.2, 0) is 11.3 Å². The predicted molar refractivity (Wildman–Crippen MR) is 119 cm³/mol. The number of amides is 2. The minimum Gasteiger partial charge on any atom is -0.457 e. The first-order valence-corrected chi connectivity index (χ1v) is 10.4. The second-order valence-corrected chi connectivity index (χ2v) is 8.28. The normalized spacial score (nSPS) is 15.2. The zero-order valence-electron chi connectivity index (χ0n) is 15.6. The van der Waals surface area contributed by atoms with Crippen LogP contribution >= 0.6 is 35.0 Å². The van der Waals surface area contributed by atoms with E-state index in [1.54, 1.807) is 42.5 Å². The summed E-state index contributed by atoms with van der Waals surface area (Å²) in [6, 6.07) is 14.2. The minimum absolute atomic E-state index is 0.0252. The van der Waals surface area contributed by atoms with Gasteiger partial charge in [0, 0.05) is 39.4 Å². The molecule has 0 aliphatic carbocycles. The number of halogens is 2. The number of hydrogen-bond donors (Lipinski definition) is 0. The van der Waals surface area contributed by atoms with Crippen molar-refractivity contribution >= 4 is 57.9 Å². The van der Waals surface area contributed by atoms with E-state index in [2.05, 4.69) is 0 Å². The van der Waals surface area contributed by atoms with Gasteiger partial charge in [0.1, 0.15) is 11.5 Å². The van der Waals surface area contributed by atoms with E-state index in [1.165, 1.54) is 18.2 Å². The van der Waals surface area contributed by atoms with Crippen LogP contribution in [0, 0.1) is 10.1 Å². The predicted octanol–water partition coefficient (Wildman–Crippen LogP) is 6.40. The first kappa shape index (κ1) is 21.2. The summed E-state index contributed by atoms with van der Waals surface area (Å²) in [7, 11) is 0. The number of nitrogens with zero attached hydrogens (tertiary/aromatic N) is 2. The fourth-order valence-electron chi connectivity index (χ4n) is 2.94. The van der Waals surface area contributed by atoms with Gasteiger partial charge in [-0.3, -0.25) is 24.6 Å². The van der Waals surface area contributed by atoms with E-state index in [-0.39, 0.29) is 17.1 Å². The van der Waals surface area contributed by atoms with Gasteiger partial charge in [-0.05, 0) is 48.2 Å². The third kappa shape index (κ3) is 4.36. The maximum Gasteiger partial charge on any atom is 0.293 e. The molecule has 1 fully saturated rings. The molecule has 0 radical (unpaired) electrons. The summed E-state index contributed by atoms with van der Waals surface area (Å²) in [6.07, 6.45) is 1.48. The standard InChI is InChI=1S/C21H12Cl2N2O5S/c22-16-2-1-3-17(23)15(16)11-24-20(26)19(31-21(24)27)10-14-8-9-18(30-14)12-4-6-13(7-5-12)25(28)29/h1-10H,11H2/b19-10+. The largest absolute Gasteiger partial charge is 0.457 e. The van der Waals surface area contributed by atoms with Crippen molar-refractivity contribution in [2.75, 3.05) is 0 Å². The fourth-order valence-corrected chi connectivity index (χ4v) is 4.28. The average molecular weight is 475 g/mol. The number of carbonyl (C=O) groups excluding carboxylic acids is 2. The monoisotopic (exact) mass is 474 g/mol. The van der Waals surface area contributed by atoms with E-state index >= 15 is 0 Å². The molecule has 0 bridgehead atoms. The maximum absolute atomic E-state index is 12.7. The van der Waals surface area contributed by atoms with Gasteiger partial charge in [-0.1, -0.05) is 29.3 Å². The molecule has 2 amide bonds. The molecule has 0 spiro atoms. The van der Waals surface area contributed by atoms with Crippen LogP contribution in [0.5, 0.6) is 0 Å². The molecular weight excluding hydrogens is 463 g/mol. The minimum atomic E-state index is -0.483. The first-order valence-electron chi connectivity index (χ1n) is 8.86. The van der Waals surface area contributed by atoms with Crippen molar-refractivity contribution in [2.45, 2.75) is 6.54 Å². The summed E-state index contributed by atoms with van der Waals surface area (Å²) >= 11 is 13.1. The second-order valence-electron chi connectivity index (χ2n) is 6.47. The van der Waals surface area contributed by atoms with Crippen LogP contribution in [0.1, 0.15) is 11.3 Å². The van der Waals surface area contributed by atoms with Crippen molar-refractivity contribution in [3.63, 3.8) is 0 Å². The highest BCUT2D eigenvalue weighted by molar-refractivity contribution is 8.18. The number of benzene rings is 2. The molecule has 0 unspecified atom stereocenters. The lowest BCUT2D eigenvalue weighted by Gasteiger charge is -2.14. The molecule has 1 aliphatic rings. The van der Waals surface area contributed by atoms with Gasteiger partial charge < -0.3 is 4.42 Å². The van der Waals surface area contributed by atoms with Crippen molar-refractivity contribution in [1.29, 1.82) is 0 Å². The van der Waals surface area contributed by atoms with Crippen LogP contribution in [0.15, 0.2) is 63.9 Å². The van der Waals surface area contributed by atoms with E-state index in [9.17, 15) is 19.7 Å². The highest BCUT2D eigenvalue weighted by atomic mass is 35.5. The molecular formula is C21H12Cl2N2O5S. The lowest BCUT2D eigenvalue weighted by Crippen LogP contribution is -2.27. The van der Waals surface area contributed by atoms with E-state index in [0.717, 1.165) is 16.7 Å². The highest BCUT2D eigenvalue weighted by Gasteiger charge is 2.36. The zero-order valence-corrected chi connectivity index (χ0v) is 17.9. The van der Waals surface area contributed by atoms with Crippen LogP contribution in [0.2, 0.25) is 10.0 Å². The number of nitro benzene ring substituents is 1. The Bertz CT molecular complexity index is 1220. The lowest BCUT2D eigenvalue weighted by atomic mass is 10.1. The van der Waals surface area contributed by atoms with E-state index < -0.39 is 16.1 Å². The number of furan rings is 1. The van der Waals surface area contributed by atoms with Crippen molar-refractivity contribution in [3.8, 4) is 11.3 Å². The van der Waals surface area contributed by atoms with Gasteiger partial charge in [-0.25, -0.2) is 0 Å². The van der Waals surface area contributed by atoms with Gasteiger partial charge in [0.2, 0.25) is 0 Å². The summed E-state index contributed by atoms with van der Waals surface area (Å²) in [5, 5.41) is 11.1. The smallest absolute Gasteiger partial charge is 0.293 e. The van der Waals surface area contributed by atoms with Crippen molar-refractivity contribution < 1.29 is 18.9 Å². The molecule has 1 aromatic heterocycles. The molecule has 7 nitrogen and oxygen atoms in total. The average Bonchev–Trinajstić information content (AvgIpc) is 3.30. The Morgan fingerprint density at radius 2 is 1.71 bits per heavy atom. The Morgan fingerprint density at radius 1 is 1.03 bits per heavy atom. The summed E-state index contributed by atoms with van der Waals surface area (Å²) in [5.41, 5.74) is 1.11. The first-order chi connectivity index (χ1) is 14.8. The second kappa shape index (κ2) is 8.58. The maximum atomic E-state index is 12.7. The number of carbonyl (C=O) groups is 2. The van der Waals surface area contributed by atoms with Crippen molar-refractivity contribution in [2.24, 2.45) is 0 Å². The topological polar surface area (TPSA) is 93.7 Å². The number of non-ortho nitro benzene ring substituents is 1. The van der Waals surface area contributed by atoms with Gasteiger partial charge in [0.05, 0.1) is 16.4 Å². The fraction of sp³-hybridized carbons (Fsp3) is 0.0476. The van der Waals surface area contributed by atoms with Crippen LogP contribution in [0.4, 0.5) is 10.5 Å². The summed E-state index contributed by atoms with van der Waals surface area (Å²) in [4.78, 5) is 36.7. The van der Waals surface area contributed by atoms with Gasteiger partial charge >= 0.3 is 0 Å². The van der Waals surface area contributed by atoms with Crippen molar-refractivity contribution in [3.05, 3.63) is 91.0 Å². The molecule has 0 saturated carbocycles. The van der Waals surface area contributed by atoms with Gasteiger partial charge in [0.15, 0.2) is 0 Å². The molecule has 0 N–H and O–H groups in total. The van der Waals surface area contributed by atoms with Crippen LogP contribution < -0.4 is 0 Å². The lowest BCUT2D eigenvalue weighted by molar-refractivity contribution is -0.384. The number of rotatable bonds is 5. The summed E-state index contributed by atoms with van der Waals surface area (Å²) in [5.74, 6) is 0.372. The van der Waals surface area contributed by atoms with Crippen molar-refractivity contribution in [1.82, 2.24) is 4.90 Å². The molecule has 2 aromatic carbocycles. The molecule has 10 heteroatoms. The van der Waals surface area contributed by atoms with E-state index in [0.29, 0.717) is 32.7 Å². The molecule has 3 aromatic rings. The Kier molecular flexibility index (Phi) is 5.86. The molecule has 2 heterocycles. The van der Waals surface area contributed by atoms with Crippen LogP contribution in [-0.4, -0.2) is 21.0 Å². The zero-order chi connectivity index (χ0) is 22.1. The van der Waals surface area contributed by atoms with E-state index in [1.807, 2.05) is 0 Å². The molecule has 156 valence electrons. The van der Waals surface area contributed by atoms with Crippen LogP contribution in [0.25, 0.3) is 17.4 Å². The Hall–Kier alpha value is -3.07. The summed E-state index contributed by atoms with van der Waals surface area (Å²) in [6.45, 7) is -0.0350. The summed E-state index contributed by atoms with van der Waals surface area (Å²) < 4.78 is 5.72. The Morgan fingerprint density at radius 3 is 2.35 bits per heavy atom. The molecule has 4 rings (SSSR count). The number of hydrogen-bond acceptors (Lipinski definition) is 6. The van der Waals surface area contributed by atoms with Gasteiger partial charge in [-0.15, -0.1) is 0 Å². The van der Waals surface area contributed by atoms with Gasteiger partial charge in [-0.2, -0.15) is 0 Å². The molecule has 0 atom stereocenters.